The molecule has 0 unspecified atom stereocenters. The Morgan fingerprint density at radius 2 is 1.71 bits per heavy atom. The van der Waals surface area contributed by atoms with E-state index in [2.05, 4.69) is 4.98 Å². The molecular formula is C13H13N. The number of aryl methyl sites for hydroxylation is 2. The number of aromatic nitrogens is 1. The molecule has 0 saturated carbocycles. The maximum Gasteiger partial charge on any atom is 0.0702 e. The van der Waals surface area contributed by atoms with E-state index in [-0.39, 0.29) is 0 Å². The van der Waals surface area contributed by atoms with E-state index in [1.54, 1.807) is 30.5 Å². The van der Waals surface area contributed by atoms with Crippen molar-refractivity contribution in [2.24, 2.45) is 0 Å². The predicted octanol–water partition coefficient (Wildman–Crippen LogP) is 3.37. The Hall–Kier alpha value is -1.63. The van der Waals surface area contributed by atoms with Gasteiger partial charge in [-0.3, -0.25) is 4.98 Å². The standard InChI is InChI=1S/C13H13N/c1-10-3-6-12(7-4-10)13-8-5-11(2)9-14-13/h3-9H,1-2H3/i1D3. The van der Waals surface area contributed by atoms with Crippen LogP contribution in [0.2, 0.25) is 0 Å². The summed E-state index contributed by atoms with van der Waals surface area (Å²) >= 11 is 0. The van der Waals surface area contributed by atoms with E-state index >= 15 is 0 Å². The van der Waals surface area contributed by atoms with Crippen molar-refractivity contribution in [2.45, 2.75) is 13.8 Å². The lowest BCUT2D eigenvalue weighted by atomic mass is 10.1. The second-order valence-electron chi connectivity index (χ2n) is 3.30. The number of benzene rings is 1. The highest BCUT2D eigenvalue weighted by molar-refractivity contribution is 5.59. The van der Waals surface area contributed by atoms with Crippen molar-refractivity contribution in [1.29, 1.82) is 0 Å². The summed E-state index contributed by atoms with van der Waals surface area (Å²) in [5.41, 5.74) is 3.24. The van der Waals surface area contributed by atoms with Gasteiger partial charge in [-0.25, -0.2) is 0 Å². The van der Waals surface area contributed by atoms with Gasteiger partial charge in [-0.1, -0.05) is 35.9 Å². The van der Waals surface area contributed by atoms with E-state index in [0.29, 0.717) is 5.56 Å². The van der Waals surface area contributed by atoms with Crippen molar-refractivity contribution in [3.05, 3.63) is 53.7 Å². The van der Waals surface area contributed by atoms with Crippen LogP contribution in [0.1, 0.15) is 15.2 Å². The monoisotopic (exact) mass is 186 g/mol. The number of nitrogens with zero attached hydrogens (tertiary/aromatic N) is 1. The molecule has 1 aromatic carbocycles. The van der Waals surface area contributed by atoms with Crippen LogP contribution in [0.5, 0.6) is 0 Å². The summed E-state index contributed by atoms with van der Waals surface area (Å²) in [6.07, 6.45) is 1.80. The minimum absolute atomic E-state index is 0.355. The maximum atomic E-state index is 7.29. The summed E-state index contributed by atoms with van der Waals surface area (Å²) in [5.74, 6) is 0. The zero-order valence-electron chi connectivity index (χ0n) is 11.0. The van der Waals surface area contributed by atoms with Crippen LogP contribution in [0.25, 0.3) is 11.3 Å². The minimum atomic E-state index is -2.04. The average Bonchev–Trinajstić information content (AvgIpc) is 2.29. The fraction of sp³-hybridized carbons (Fsp3) is 0.154. The van der Waals surface area contributed by atoms with Gasteiger partial charge in [-0.15, -0.1) is 0 Å². The lowest BCUT2D eigenvalue weighted by Gasteiger charge is -2.01. The van der Waals surface area contributed by atoms with Crippen LogP contribution < -0.4 is 0 Å². The fourth-order valence-electron chi connectivity index (χ4n) is 1.28. The van der Waals surface area contributed by atoms with Gasteiger partial charge >= 0.3 is 0 Å². The number of hydrogen-bond donors (Lipinski definition) is 0. The average molecular weight is 186 g/mol. The molecule has 0 saturated heterocycles. The zero-order valence-corrected chi connectivity index (χ0v) is 7.99. The first-order valence-corrected chi connectivity index (χ1v) is 4.50. The summed E-state index contributed by atoms with van der Waals surface area (Å²) in [6, 6.07) is 10.8. The van der Waals surface area contributed by atoms with Crippen LogP contribution >= 0.6 is 0 Å². The lowest BCUT2D eigenvalue weighted by molar-refractivity contribution is 1.27. The van der Waals surface area contributed by atoms with Gasteiger partial charge in [-0.2, -0.15) is 0 Å². The lowest BCUT2D eigenvalue weighted by Crippen LogP contribution is -1.83. The first-order chi connectivity index (χ1) is 7.97. The molecule has 1 nitrogen and oxygen atoms in total. The number of pyridine rings is 1. The first-order valence-electron chi connectivity index (χ1n) is 6.00. The molecule has 0 radical (unpaired) electrons. The van der Waals surface area contributed by atoms with Gasteiger partial charge < -0.3 is 0 Å². The van der Waals surface area contributed by atoms with E-state index in [0.717, 1.165) is 16.8 Å². The predicted molar refractivity (Wildman–Crippen MR) is 59.1 cm³/mol. The maximum absolute atomic E-state index is 7.29. The van der Waals surface area contributed by atoms with Gasteiger partial charge in [0.1, 0.15) is 0 Å². The van der Waals surface area contributed by atoms with Crippen molar-refractivity contribution < 1.29 is 4.11 Å². The van der Waals surface area contributed by atoms with E-state index in [1.807, 2.05) is 19.1 Å². The van der Waals surface area contributed by atoms with Gasteiger partial charge in [0, 0.05) is 15.9 Å². The van der Waals surface area contributed by atoms with Gasteiger partial charge in [0.2, 0.25) is 0 Å². The molecule has 70 valence electrons. The van der Waals surface area contributed by atoms with Gasteiger partial charge in [0.25, 0.3) is 0 Å². The Kier molecular flexibility index (Phi) is 1.54. The Morgan fingerprint density at radius 1 is 1.00 bits per heavy atom. The number of hydrogen-bond acceptors (Lipinski definition) is 1. The van der Waals surface area contributed by atoms with Crippen LogP contribution in [0.3, 0.4) is 0 Å². The molecule has 0 atom stereocenters. The topological polar surface area (TPSA) is 12.9 Å². The summed E-state index contributed by atoms with van der Waals surface area (Å²) < 4.78 is 21.9. The van der Waals surface area contributed by atoms with Gasteiger partial charge in [-0.05, 0) is 25.4 Å². The highest BCUT2D eigenvalue weighted by Crippen LogP contribution is 2.17. The third kappa shape index (κ3) is 1.82. The molecule has 0 bridgehead atoms. The first kappa shape index (κ1) is 5.97. The third-order valence-electron chi connectivity index (χ3n) is 2.09. The quantitative estimate of drug-likeness (QED) is 0.665. The molecule has 0 fully saturated rings. The zero-order chi connectivity index (χ0) is 12.5. The minimum Gasteiger partial charge on any atom is -0.256 e. The molecule has 0 aliphatic rings. The molecule has 0 amide bonds. The van der Waals surface area contributed by atoms with Crippen LogP contribution in [0, 0.1) is 13.8 Å². The molecule has 0 N–H and O–H groups in total. The summed E-state index contributed by atoms with van der Waals surface area (Å²) in [6.45, 7) is -0.0618. The smallest absolute Gasteiger partial charge is 0.0702 e. The van der Waals surface area contributed by atoms with Crippen LogP contribution in [0.15, 0.2) is 42.6 Å². The highest BCUT2D eigenvalue weighted by Gasteiger charge is 1.97. The molecule has 0 spiro atoms. The van der Waals surface area contributed by atoms with Crippen molar-refractivity contribution in [1.82, 2.24) is 4.98 Å². The van der Waals surface area contributed by atoms with Crippen LogP contribution in [-0.4, -0.2) is 4.98 Å². The van der Waals surface area contributed by atoms with Crippen molar-refractivity contribution >= 4 is 0 Å². The Labute approximate surface area is 88.7 Å². The Morgan fingerprint density at radius 3 is 2.29 bits per heavy atom. The molecule has 2 rings (SSSR count). The van der Waals surface area contributed by atoms with E-state index in [1.165, 1.54) is 0 Å². The highest BCUT2D eigenvalue weighted by atomic mass is 14.7. The molecule has 0 aliphatic heterocycles. The van der Waals surface area contributed by atoms with Crippen molar-refractivity contribution in [3.63, 3.8) is 0 Å². The molecule has 14 heavy (non-hydrogen) atoms. The van der Waals surface area contributed by atoms with Gasteiger partial charge in [0.05, 0.1) is 5.69 Å². The molecule has 1 heterocycles. The van der Waals surface area contributed by atoms with Crippen molar-refractivity contribution in [3.8, 4) is 11.3 Å². The van der Waals surface area contributed by atoms with Crippen LogP contribution in [-0.2, 0) is 0 Å². The molecule has 1 heteroatoms. The molecular weight excluding hydrogens is 170 g/mol. The largest absolute Gasteiger partial charge is 0.256 e. The Balaban J connectivity index is 2.33. The second-order valence-corrected chi connectivity index (χ2v) is 3.30. The SMILES string of the molecule is [2H]C([2H])([2H])c1ccc(-c2ccc(C)cn2)cc1. The molecule has 1 aromatic heterocycles. The van der Waals surface area contributed by atoms with E-state index in [4.69, 9.17) is 4.11 Å². The van der Waals surface area contributed by atoms with Gasteiger partial charge in [0.15, 0.2) is 0 Å². The fourth-order valence-corrected chi connectivity index (χ4v) is 1.28. The Bertz CT molecular complexity index is 498. The molecule has 0 aliphatic carbocycles. The van der Waals surface area contributed by atoms with E-state index in [9.17, 15) is 0 Å². The third-order valence-corrected chi connectivity index (χ3v) is 2.09. The summed E-state index contributed by atoms with van der Waals surface area (Å²) in [4.78, 5) is 4.30. The molecule has 2 aromatic rings. The van der Waals surface area contributed by atoms with E-state index < -0.39 is 6.85 Å². The van der Waals surface area contributed by atoms with Crippen molar-refractivity contribution in [2.75, 3.05) is 0 Å². The normalized spacial score (nSPS) is 14.2. The summed E-state index contributed by atoms with van der Waals surface area (Å²) in [7, 11) is 0. The second kappa shape index (κ2) is 3.62. The summed E-state index contributed by atoms with van der Waals surface area (Å²) in [5, 5.41) is 0. The van der Waals surface area contributed by atoms with Crippen LogP contribution in [0.4, 0.5) is 0 Å². The number of rotatable bonds is 1.